The first-order chi connectivity index (χ1) is 7.25. The van der Waals surface area contributed by atoms with Gasteiger partial charge in [0.25, 0.3) is 5.91 Å². The number of thioether (sulfide) groups is 1. The van der Waals surface area contributed by atoms with Crippen molar-refractivity contribution in [2.45, 2.75) is 6.42 Å². The molecule has 1 fully saturated rings. The zero-order valence-electron chi connectivity index (χ0n) is 8.45. The zero-order chi connectivity index (χ0) is 10.7. The first-order valence-corrected chi connectivity index (χ1v) is 6.21. The molecule has 1 aromatic heterocycles. The Bertz CT molecular complexity index is 344. The van der Waals surface area contributed by atoms with Gasteiger partial charge in [0.15, 0.2) is 0 Å². The van der Waals surface area contributed by atoms with E-state index in [4.69, 9.17) is 5.73 Å². The summed E-state index contributed by atoms with van der Waals surface area (Å²) in [4.78, 5) is 14.4. The number of aromatic nitrogens is 1. The molecule has 1 aliphatic rings. The highest BCUT2D eigenvalue weighted by atomic mass is 32.2. The Morgan fingerprint density at radius 1 is 1.73 bits per heavy atom. The lowest BCUT2D eigenvalue weighted by atomic mass is 10.1. The summed E-state index contributed by atoms with van der Waals surface area (Å²) in [5, 5.41) is 2.92. The number of amides is 1. The molecule has 1 amide bonds. The Hall–Kier alpha value is -1.10. The maximum absolute atomic E-state index is 11.6. The van der Waals surface area contributed by atoms with Gasteiger partial charge < -0.3 is 16.0 Å². The molecule has 4 nitrogen and oxygen atoms in total. The van der Waals surface area contributed by atoms with Crippen molar-refractivity contribution in [1.82, 2.24) is 10.3 Å². The van der Waals surface area contributed by atoms with Gasteiger partial charge in [-0.15, -0.1) is 0 Å². The van der Waals surface area contributed by atoms with Gasteiger partial charge in [0.1, 0.15) is 5.69 Å². The second-order valence-corrected chi connectivity index (χ2v) is 4.94. The molecule has 4 N–H and O–H groups in total. The van der Waals surface area contributed by atoms with Crippen LogP contribution in [-0.4, -0.2) is 28.9 Å². The molecule has 1 atom stereocenters. The molecule has 1 aliphatic heterocycles. The number of carbonyl (C=O) groups is 1. The molecular weight excluding hydrogens is 210 g/mol. The molecule has 0 bridgehead atoms. The van der Waals surface area contributed by atoms with Crippen LogP contribution in [0.15, 0.2) is 12.3 Å². The maximum atomic E-state index is 11.6. The second kappa shape index (κ2) is 4.61. The average molecular weight is 225 g/mol. The molecule has 0 spiro atoms. The number of hydrogen-bond acceptors (Lipinski definition) is 3. The number of aromatic amines is 1. The summed E-state index contributed by atoms with van der Waals surface area (Å²) in [6.45, 7) is 0.769. The summed E-state index contributed by atoms with van der Waals surface area (Å²) in [6, 6.07) is 1.65. The third kappa shape index (κ3) is 2.68. The minimum absolute atomic E-state index is 0.0661. The highest BCUT2D eigenvalue weighted by Crippen LogP contribution is 2.22. The summed E-state index contributed by atoms with van der Waals surface area (Å²) in [5.41, 5.74) is 6.65. The van der Waals surface area contributed by atoms with Crippen LogP contribution in [0.1, 0.15) is 16.9 Å². The van der Waals surface area contributed by atoms with E-state index in [9.17, 15) is 4.79 Å². The standard InChI is InChI=1S/C10H15N3OS/c11-8-3-9(12-5-8)10(14)13-4-7-1-2-15-6-7/h3,5,7,12H,1-2,4,6,11H2,(H,13,14). The van der Waals surface area contributed by atoms with Crippen LogP contribution in [0, 0.1) is 5.92 Å². The van der Waals surface area contributed by atoms with Gasteiger partial charge in [0, 0.05) is 18.4 Å². The van der Waals surface area contributed by atoms with Crippen molar-refractivity contribution >= 4 is 23.4 Å². The molecule has 5 heteroatoms. The quantitative estimate of drug-likeness (QED) is 0.721. The summed E-state index contributed by atoms with van der Waals surface area (Å²) in [6.07, 6.45) is 2.83. The van der Waals surface area contributed by atoms with Gasteiger partial charge in [-0.2, -0.15) is 11.8 Å². The monoisotopic (exact) mass is 225 g/mol. The van der Waals surface area contributed by atoms with Gasteiger partial charge in [-0.25, -0.2) is 0 Å². The fraction of sp³-hybridized carbons (Fsp3) is 0.500. The highest BCUT2D eigenvalue weighted by molar-refractivity contribution is 7.99. The number of nitrogen functional groups attached to an aromatic ring is 1. The molecule has 1 aromatic rings. The predicted molar refractivity (Wildman–Crippen MR) is 63.0 cm³/mol. The third-order valence-electron chi connectivity index (χ3n) is 2.53. The van der Waals surface area contributed by atoms with Crippen molar-refractivity contribution in [3.63, 3.8) is 0 Å². The molecule has 82 valence electrons. The number of carbonyl (C=O) groups excluding carboxylic acids is 1. The van der Waals surface area contributed by atoms with Crippen LogP contribution < -0.4 is 11.1 Å². The van der Waals surface area contributed by atoms with Crippen molar-refractivity contribution < 1.29 is 4.79 Å². The SMILES string of the molecule is Nc1c[nH]c(C(=O)NCC2CCSC2)c1. The lowest BCUT2D eigenvalue weighted by Crippen LogP contribution is -2.29. The average Bonchev–Trinajstić information content (AvgIpc) is 2.84. The Labute approximate surface area is 93.0 Å². The molecule has 15 heavy (non-hydrogen) atoms. The van der Waals surface area contributed by atoms with Crippen molar-refractivity contribution in [3.8, 4) is 0 Å². The van der Waals surface area contributed by atoms with E-state index in [2.05, 4.69) is 10.3 Å². The Morgan fingerprint density at radius 3 is 3.20 bits per heavy atom. The molecule has 2 rings (SSSR count). The van der Waals surface area contributed by atoms with E-state index < -0.39 is 0 Å². The minimum Gasteiger partial charge on any atom is -0.397 e. The van der Waals surface area contributed by atoms with Crippen LogP contribution in [-0.2, 0) is 0 Å². The topological polar surface area (TPSA) is 70.9 Å². The Balaban J connectivity index is 1.81. The van der Waals surface area contributed by atoms with Crippen LogP contribution in [0.25, 0.3) is 0 Å². The van der Waals surface area contributed by atoms with Crippen LogP contribution >= 0.6 is 11.8 Å². The predicted octanol–water partition coefficient (Wildman–Crippen LogP) is 1.08. The Morgan fingerprint density at radius 2 is 2.60 bits per heavy atom. The van der Waals surface area contributed by atoms with E-state index in [1.807, 2.05) is 11.8 Å². The van der Waals surface area contributed by atoms with Gasteiger partial charge in [-0.05, 0) is 29.9 Å². The summed E-state index contributed by atoms with van der Waals surface area (Å²) >= 11 is 1.95. The smallest absolute Gasteiger partial charge is 0.267 e. The van der Waals surface area contributed by atoms with E-state index in [-0.39, 0.29) is 5.91 Å². The molecule has 1 unspecified atom stereocenters. The van der Waals surface area contributed by atoms with Gasteiger partial charge in [0.05, 0.1) is 0 Å². The fourth-order valence-corrected chi connectivity index (χ4v) is 2.90. The van der Waals surface area contributed by atoms with Gasteiger partial charge in [-0.1, -0.05) is 0 Å². The summed E-state index contributed by atoms with van der Waals surface area (Å²) in [5.74, 6) is 2.94. The molecule has 0 saturated carbocycles. The Kier molecular flexibility index (Phi) is 3.20. The number of nitrogens with two attached hydrogens (primary N) is 1. The van der Waals surface area contributed by atoms with Gasteiger partial charge in [0.2, 0.25) is 0 Å². The minimum atomic E-state index is -0.0661. The van der Waals surface area contributed by atoms with E-state index in [0.717, 1.165) is 12.3 Å². The van der Waals surface area contributed by atoms with E-state index in [1.165, 1.54) is 12.2 Å². The second-order valence-electron chi connectivity index (χ2n) is 3.79. The number of rotatable bonds is 3. The normalized spacial score (nSPS) is 20.4. The van der Waals surface area contributed by atoms with Crippen molar-refractivity contribution in [1.29, 1.82) is 0 Å². The summed E-state index contributed by atoms with van der Waals surface area (Å²) < 4.78 is 0. The summed E-state index contributed by atoms with van der Waals surface area (Å²) in [7, 11) is 0. The van der Waals surface area contributed by atoms with E-state index in [1.54, 1.807) is 12.3 Å². The molecule has 0 aliphatic carbocycles. The van der Waals surface area contributed by atoms with Crippen molar-refractivity contribution in [2.24, 2.45) is 5.92 Å². The first kappa shape index (κ1) is 10.4. The zero-order valence-corrected chi connectivity index (χ0v) is 9.27. The lowest BCUT2D eigenvalue weighted by molar-refractivity contribution is 0.0944. The van der Waals surface area contributed by atoms with Crippen LogP contribution in [0.5, 0.6) is 0 Å². The third-order valence-corrected chi connectivity index (χ3v) is 3.76. The van der Waals surface area contributed by atoms with E-state index >= 15 is 0 Å². The number of nitrogens with one attached hydrogen (secondary N) is 2. The van der Waals surface area contributed by atoms with Crippen molar-refractivity contribution in [3.05, 3.63) is 18.0 Å². The lowest BCUT2D eigenvalue weighted by Gasteiger charge is -2.08. The van der Waals surface area contributed by atoms with Gasteiger partial charge >= 0.3 is 0 Å². The number of anilines is 1. The maximum Gasteiger partial charge on any atom is 0.267 e. The van der Waals surface area contributed by atoms with Crippen LogP contribution in [0.4, 0.5) is 5.69 Å². The van der Waals surface area contributed by atoms with Crippen molar-refractivity contribution in [2.75, 3.05) is 23.8 Å². The first-order valence-electron chi connectivity index (χ1n) is 5.05. The van der Waals surface area contributed by atoms with Gasteiger partial charge in [-0.3, -0.25) is 4.79 Å². The molecule has 2 heterocycles. The molecule has 0 radical (unpaired) electrons. The number of H-pyrrole nitrogens is 1. The van der Waals surface area contributed by atoms with Crippen LogP contribution in [0.2, 0.25) is 0 Å². The number of hydrogen-bond donors (Lipinski definition) is 3. The molecular formula is C10H15N3OS. The highest BCUT2D eigenvalue weighted by Gasteiger charge is 2.16. The van der Waals surface area contributed by atoms with Crippen LogP contribution in [0.3, 0.4) is 0 Å². The fourth-order valence-electron chi connectivity index (χ4n) is 1.62. The van der Waals surface area contributed by atoms with E-state index in [0.29, 0.717) is 17.3 Å². The largest absolute Gasteiger partial charge is 0.397 e. The molecule has 0 aromatic carbocycles. The molecule has 1 saturated heterocycles.